The fourth-order valence-corrected chi connectivity index (χ4v) is 8.89. The van der Waals surface area contributed by atoms with E-state index in [0.29, 0.717) is 0 Å². The molecule has 1 aliphatic heterocycles. The summed E-state index contributed by atoms with van der Waals surface area (Å²) in [4.78, 5) is 4.88. The van der Waals surface area contributed by atoms with Gasteiger partial charge >= 0.3 is 0 Å². The molecule has 9 aromatic carbocycles. The van der Waals surface area contributed by atoms with Gasteiger partial charge in [0, 0.05) is 33.4 Å². The highest BCUT2D eigenvalue weighted by atomic mass is 15.2. The maximum Gasteiger partial charge on any atom is 0.0618 e. The van der Waals surface area contributed by atoms with Gasteiger partial charge in [0.2, 0.25) is 0 Å². The molecule has 0 saturated carbocycles. The standard InChI is InChI=1S/C53H40N2/c1-53(2)48-28-13-14-29-49(48)55(52-45-25-12-10-18-38(45)33-36-47(52)46-27-15-19-37-17-9-11-24-43(37)46)50-30-16-26-44(51(50)53)39-31-34-42(35-32-39)54(40-20-5-3-6-21-40)41-22-7-4-8-23-41/h3-36H,1-2H3. The van der Waals surface area contributed by atoms with E-state index in [1.165, 1.54) is 72.0 Å². The van der Waals surface area contributed by atoms with E-state index in [-0.39, 0.29) is 5.41 Å². The number of para-hydroxylation sites is 3. The van der Waals surface area contributed by atoms with Crippen LogP contribution in [0.25, 0.3) is 43.8 Å². The van der Waals surface area contributed by atoms with Gasteiger partial charge in [0.1, 0.15) is 0 Å². The number of anilines is 6. The van der Waals surface area contributed by atoms with E-state index < -0.39 is 0 Å². The summed E-state index contributed by atoms with van der Waals surface area (Å²) in [6, 6.07) is 75.1. The molecule has 0 amide bonds. The van der Waals surface area contributed by atoms with Crippen molar-refractivity contribution >= 4 is 55.7 Å². The molecular weight excluding hydrogens is 665 g/mol. The summed E-state index contributed by atoms with van der Waals surface area (Å²) in [7, 11) is 0. The van der Waals surface area contributed by atoms with E-state index in [9.17, 15) is 0 Å². The number of hydrogen-bond donors (Lipinski definition) is 0. The van der Waals surface area contributed by atoms with Crippen LogP contribution in [-0.2, 0) is 5.41 Å². The van der Waals surface area contributed by atoms with Crippen LogP contribution >= 0.6 is 0 Å². The first-order chi connectivity index (χ1) is 27.1. The van der Waals surface area contributed by atoms with Gasteiger partial charge in [0.05, 0.1) is 17.1 Å². The molecule has 2 nitrogen and oxygen atoms in total. The predicted octanol–water partition coefficient (Wildman–Crippen LogP) is 14.9. The second kappa shape index (κ2) is 13.2. The Morgan fingerprint density at radius 3 is 1.64 bits per heavy atom. The van der Waals surface area contributed by atoms with Crippen LogP contribution in [0.2, 0.25) is 0 Å². The third-order valence-corrected chi connectivity index (χ3v) is 11.4. The van der Waals surface area contributed by atoms with Crippen molar-refractivity contribution in [2.45, 2.75) is 19.3 Å². The van der Waals surface area contributed by atoms with Crippen molar-refractivity contribution in [3.8, 4) is 22.3 Å². The Bertz CT molecular complexity index is 2790. The highest BCUT2D eigenvalue weighted by Gasteiger charge is 2.39. The highest BCUT2D eigenvalue weighted by Crippen LogP contribution is 2.57. The minimum Gasteiger partial charge on any atom is -0.311 e. The van der Waals surface area contributed by atoms with E-state index in [1.54, 1.807) is 0 Å². The molecule has 0 aliphatic carbocycles. The van der Waals surface area contributed by atoms with Gasteiger partial charge in [0.25, 0.3) is 0 Å². The van der Waals surface area contributed by atoms with Crippen LogP contribution in [0, 0.1) is 0 Å². The minimum atomic E-state index is -0.276. The average molecular weight is 705 g/mol. The Hall–Kier alpha value is -6.90. The fraction of sp³-hybridized carbons (Fsp3) is 0.0566. The Kier molecular flexibility index (Phi) is 7.85. The summed E-state index contributed by atoms with van der Waals surface area (Å²) in [6.07, 6.45) is 0. The molecule has 2 heteroatoms. The summed E-state index contributed by atoms with van der Waals surface area (Å²) in [5.41, 5.74) is 14.2. The molecule has 0 unspecified atom stereocenters. The van der Waals surface area contributed by atoms with Gasteiger partial charge in [-0.25, -0.2) is 0 Å². The summed E-state index contributed by atoms with van der Waals surface area (Å²) in [5.74, 6) is 0. The molecule has 0 atom stereocenters. The Balaban J connectivity index is 1.20. The van der Waals surface area contributed by atoms with Crippen molar-refractivity contribution < 1.29 is 0 Å². The molecule has 0 bridgehead atoms. The summed E-state index contributed by atoms with van der Waals surface area (Å²) in [5, 5.41) is 4.94. The monoisotopic (exact) mass is 704 g/mol. The first kappa shape index (κ1) is 32.7. The molecule has 1 aliphatic rings. The van der Waals surface area contributed by atoms with Gasteiger partial charge in [-0.1, -0.05) is 172 Å². The van der Waals surface area contributed by atoms with Gasteiger partial charge in [0.15, 0.2) is 0 Å². The van der Waals surface area contributed by atoms with E-state index in [1.807, 2.05) is 0 Å². The topological polar surface area (TPSA) is 6.48 Å². The maximum absolute atomic E-state index is 2.56. The average Bonchev–Trinajstić information content (AvgIpc) is 3.24. The van der Waals surface area contributed by atoms with Crippen molar-refractivity contribution in [3.05, 3.63) is 217 Å². The molecule has 0 radical (unpaired) electrons. The first-order valence-electron chi connectivity index (χ1n) is 19.1. The number of hydrogen-bond acceptors (Lipinski definition) is 2. The fourth-order valence-electron chi connectivity index (χ4n) is 8.89. The third kappa shape index (κ3) is 5.41. The zero-order valence-electron chi connectivity index (χ0n) is 31.0. The van der Waals surface area contributed by atoms with Crippen LogP contribution in [0.1, 0.15) is 25.0 Å². The van der Waals surface area contributed by atoms with Crippen LogP contribution in [-0.4, -0.2) is 0 Å². The van der Waals surface area contributed by atoms with Gasteiger partial charge in [-0.15, -0.1) is 0 Å². The molecule has 0 aromatic heterocycles. The molecule has 1 heterocycles. The van der Waals surface area contributed by atoms with Crippen molar-refractivity contribution in [1.82, 2.24) is 0 Å². The summed E-state index contributed by atoms with van der Waals surface area (Å²) in [6.45, 7) is 4.78. The molecule has 0 saturated heterocycles. The van der Waals surface area contributed by atoms with Crippen molar-refractivity contribution in [1.29, 1.82) is 0 Å². The molecule has 10 rings (SSSR count). The lowest BCUT2D eigenvalue weighted by molar-refractivity contribution is 0.634. The van der Waals surface area contributed by atoms with Crippen molar-refractivity contribution in [3.63, 3.8) is 0 Å². The highest BCUT2D eigenvalue weighted by molar-refractivity contribution is 6.11. The lowest BCUT2D eigenvalue weighted by atomic mass is 9.70. The van der Waals surface area contributed by atoms with Gasteiger partial charge in [-0.05, 0) is 92.5 Å². The number of rotatable bonds is 6. The van der Waals surface area contributed by atoms with Crippen molar-refractivity contribution in [2.75, 3.05) is 9.80 Å². The van der Waals surface area contributed by atoms with Crippen LogP contribution in [0.3, 0.4) is 0 Å². The molecule has 0 spiro atoms. The lowest BCUT2D eigenvalue weighted by Crippen LogP contribution is -2.31. The van der Waals surface area contributed by atoms with Crippen LogP contribution in [0.15, 0.2) is 206 Å². The number of fused-ring (bicyclic) bond motifs is 4. The maximum atomic E-state index is 2.56. The Morgan fingerprint density at radius 1 is 0.382 bits per heavy atom. The van der Waals surface area contributed by atoms with Crippen LogP contribution < -0.4 is 9.80 Å². The second-order valence-corrected chi connectivity index (χ2v) is 14.9. The predicted molar refractivity (Wildman–Crippen MR) is 234 cm³/mol. The zero-order chi connectivity index (χ0) is 36.9. The molecule has 0 N–H and O–H groups in total. The van der Waals surface area contributed by atoms with E-state index in [4.69, 9.17) is 0 Å². The van der Waals surface area contributed by atoms with E-state index in [2.05, 4.69) is 230 Å². The molecule has 9 aromatic rings. The lowest BCUT2D eigenvalue weighted by Gasteiger charge is -2.44. The summed E-state index contributed by atoms with van der Waals surface area (Å²) < 4.78 is 0. The van der Waals surface area contributed by atoms with Gasteiger partial charge in [-0.3, -0.25) is 0 Å². The normalized spacial score (nSPS) is 13.0. The quantitative estimate of drug-likeness (QED) is 0.170. The van der Waals surface area contributed by atoms with Crippen LogP contribution in [0.4, 0.5) is 34.1 Å². The van der Waals surface area contributed by atoms with Crippen molar-refractivity contribution in [2.24, 2.45) is 0 Å². The van der Waals surface area contributed by atoms with E-state index >= 15 is 0 Å². The van der Waals surface area contributed by atoms with Crippen LogP contribution in [0.5, 0.6) is 0 Å². The zero-order valence-corrected chi connectivity index (χ0v) is 31.0. The second-order valence-electron chi connectivity index (χ2n) is 14.9. The SMILES string of the molecule is CC1(C)c2ccccc2N(c2c(-c3cccc4ccccc34)ccc3ccccc23)c2cccc(-c3ccc(N(c4ccccc4)c4ccccc4)cc3)c21. The molecular formula is C53H40N2. The van der Waals surface area contributed by atoms with Gasteiger partial charge < -0.3 is 9.80 Å². The number of benzene rings is 9. The summed E-state index contributed by atoms with van der Waals surface area (Å²) >= 11 is 0. The Labute approximate surface area is 323 Å². The van der Waals surface area contributed by atoms with Gasteiger partial charge in [-0.2, -0.15) is 0 Å². The minimum absolute atomic E-state index is 0.276. The molecule has 55 heavy (non-hydrogen) atoms. The third-order valence-electron chi connectivity index (χ3n) is 11.4. The van der Waals surface area contributed by atoms with E-state index in [0.717, 1.165) is 17.1 Å². The Morgan fingerprint density at radius 2 is 0.909 bits per heavy atom. The smallest absolute Gasteiger partial charge is 0.0618 e. The number of nitrogens with zero attached hydrogens (tertiary/aromatic N) is 2. The first-order valence-corrected chi connectivity index (χ1v) is 19.1. The molecule has 262 valence electrons. The molecule has 0 fully saturated rings. The largest absolute Gasteiger partial charge is 0.311 e.